The van der Waals surface area contributed by atoms with Crippen molar-refractivity contribution in [2.75, 3.05) is 11.1 Å². The molecule has 0 saturated carbocycles. The maximum atomic E-state index is 12.8. The lowest BCUT2D eigenvalue weighted by Crippen LogP contribution is -2.51. The highest BCUT2D eigenvalue weighted by molar-refractivity contribution is 7.89. The summed E-state index contributed by atoms with van der Waals surface area (Å²) < 4.78 is 26.3. The van der Waals surface area contributed by atoms with E-state index in [1.165, 1.54) is 35.5 Å². The van der Waals surface area contributed by atoms with Gasteiger partial charge in [-0.1, -0.05) is 30.3 Å². The normalized spacial score (nSPS) is 17.1. The van der Waals surface area contributed by atoms with E-state index in [-0.39, 0.29) is 30.1 Å². The summed E-state index contributed by atoms with van der Waals surface area (Å²) >= 11 is 0. The average molecular weight is 389 g/mol. The Morgan fingerprint density at radius 1 is 1.22 bits per heavy atom. The average Bonchev–Trinajstić information content (AvgIpc) is 2.67. The Morgan fingerprint density at radius 3 is 2.59 bits per heavy atom. The Balaban J connectivity index is 1.91. The van der Waals surface area contributed by atoms with Gasteiger partial charge in [-0.3, -0.25) is 14.9 Å². The number of hydrogen-bond donors (Lipinski definition) is 1. The second-order valence-electron chi connectivity index (χ2n) is 6.23. The third kappa shape index (κ3) is 3.99. The number of anilines is 1. The SMILES string of the molecule is CCS(=O)(=O)N1Cc2ccccc2C[C@H]1C(=O)Nc1cccc([N+](=O)[O-])c1. The molecule has 1 amide bonds. The van der Waals surface area contributed by atoms with Crippen LogP contribution in [0.3, 0.4) is 0 Å². The molecule has 0 bridgehead atoms. The predicted octanol–water partition coefficient (Wildman–Crippen LogP) is 2.31. The summed E-state index contributed by atoms with van der Waals surface area (Å²) in [5, 5.41) is 13.5. The fourth-order valence-corrected chi connectivity index (χ4v) is 4.33. The lowest BCUT2D eigenvalue weighted by Gasteiger charge is -2.34. The largest absolute Gasteiger partial charge is 0.324 e. The molecule has 9 heteroatoms. The molecule has 0 radical (unpaired) electrons. The Morgan fingerprint density at radius 2 is 1.93 bits per heavy atom. The molecule has 0 aliphatic carbocycles. The summed E-state index contributed by atoms with van der Waals surface area (Å²) in [7, 11) is -3.61. The van der Waals surface area contributed by atoms with Crippen LogP contribution < -0.4 is 5.32 Å². The number of nitrogens with zero attached hydrogens (tertiary/aromatic N) is 2. The molecular weight excluding hydrogens is 370 g/mol. The monoisotopic (exact) mass is 389 g/mol. The zero-order valence-corrected chi connectivity index (χ0v) is 15.5. The molecule has 0 unspecified atom stereocenters. The lowest BCUT2D eigenvalue weighted by atomic mass is 9.95. The van der Waals surface area contributed by atoms with Gasteiger partial charge in [0.15, 0.2) is 0 Å². The third-order valence-electron chi connectivity index (χ3n) is 4.55. The highest BCUT2D eigenvalue weighted by Gasteiger charge is 2.38. The first kappa shape index (κ1) is 19.0. The van der Waals surface area contributed by atoms with Crippen molar-refractivity contribution in [3.8, 4) is 0 Å². The Bertz CT molecular complexity index is 990. The number of sulfonamides is 1. The number of carbonyl (C=O) groups is 1. The van der Waals surface area contributed by atoms with Crippen molar-refractivity contribution in [3.05, 3.63) is 69.8 Å². The molecule has 0 fully saturated rings. The molecule has 2 aromatic carbocycles. The van der Waals surface area contributed by atoms with Crippen molar-refractivity contribution in [1.82, 2.24) is 4.31 Å². The van der Waals surface area contributed by atoms with E-state index in [1.54, 1.807) is 0 Å². The first-order valence-corrected chi connectivity index (χ1v) is 10.0. The minimum absolute atomic E-state index is 0.115. The number of nitro groups is 1. The minimum Gasteiger partial charge on any atom is -0.324 e. The highest BCUT2D eigenvalue weighted by atomic mass is 32.2. The van der Waals surface area contributed by atoms with Gasteiger partial charge in [0, 0.05) is 24.4 Å². The van der Waals surface area contributed by atoms with Crippen LogP contribution >= 0.6 is 0 Å². The predicted molar refractivity (Wildman–Crippen MR) is 101 cm³/mol. The van der Waals surface area contributed by atoms with Crippen LogP contribution in [-0.4, -0.2) is 35.3 Å². The van der Waals surface area contributed by atoms with Crippen molar-refractivity contribution in [2.45, 2.75) is 25.9 Å². The maximum absolute atomic E-state index is 12.8. The molecule has 142 valence electrons. The summed E-state index contributed by atoms with van der Waals surface area (Å²) in [6, 6.07) is 12.0. The number of fused-ring (bicyclic) bond motifs is 1. The van der Waals surface area contributed by atoms with Gasteiger partial charge in [-0.05, 0) is 30.5 Å². The minimum atomic E-state index is -3.61. The van der Waals surface area contributed by atoms with E-state index >= 15 is 0 Å². The van der Waals surface area contributed by atoms with Crippen LogP contribution in [0.2, 0.25) is 0 Å². The van der Waals surface area contributed by atoms with Crippen molar-refractivity contribution >= 4 is 27.3 Å². The number of nitro benzene ring substituents is 1. The summed E-state index contributed by atoms with van der Waals surface area (Å²) in [6.45, 7) is 1.66. The van der Waals surface area contributed by atoms with Gasteiger partial charge in [0.25, 0.3) is 5.69 Å². The molecule has 1 heterocycles. The van der Waals surface area contributed by atoms with Crippen LogP contribution in [0.15, 0.2) is 48.5 Å². The van der Waals surface area contributed by atoms with Crippen LogP contribution in [0.25, 0.3) is 0 Å². The van der Waals surface area contributed by atoms with Crippen molar-refractivity contribution < 1.29 is 18.1 Å². The Hall–Kier alpha value is -2.78. The fourth-order valence-electron chi connectivity index (χ4n) is 3.10. The van der Waals surface area contributed by atoms with Crippen molar-refractivity contribution in [3.63, 3.8) is 0 Å². The number of non-ortho nitro benzene ring substituents is 1. The van der Waals surface area contributed by atoms with Gasteiger partial charge in [-0.25, -0.2) is 8.42 Å². The standard InChI is InChI=1S/C18H19N3O5S/c1-2-27(25,26)20-12-14-7-4-3-6-13(14)10-17(20)18(22)19-15-8-5-9-16(11-15)21(23)24/h3-9,11,17H,2,10,12H2,1H3,(H,19,22)/t17-/m0/s1. The molecule has 0 saturated heterocycles. The van der Waals surface area contributed by atoms with Gasteiger partial charge in [-0.15, -0.1) is 0 Å². The van der Waals surface area contributed by atoms with Crippen LogP contribution in [-0.2, 0) is 27.8 Å². The van der Waals surface area contributed by atoms with E-state index in [0.29, 0.717) is 0 Å². The van der Waals surface area contributed by atoms with E-state index in [9.17, 15) is 23.3 Å². The van der Waals surface area contributed by atoms with Crippen molar-refractivity contribution in [2.24, 2.45) is 0 Å². The molecule has 1 N–H and O–H groups in total. The number of hydrogen-bond acceptors (Lipinski definition) is 5. The second-order valence-corrected chi connectivity index (χ2v) is 8.44. The van der Waals surface area contributed by atoms with Gasteiger partial charge < -0.3 is 5.32 Å². The molecule has 1 atom stereocenters. The summed E-state index contributed by atoms with van der Waals surface area (Å²) in [4.78, 5) is 23.2. The van der Waals surface area contributed by atoms with Gasteiger partial charge in [0.1, 0.15) is 6.04 Å². The maximum Gasteiger partial charge on any atom is 0.271 e. The zero-order valence-electron chi connectivity index (χ0n) is 14.7. The van der Waals surface area contributed by atoms with E-state index in [4.69, 9.17) is 0 Å². The van der Waals surface area contributed by atoms with Gasteiger partial charge in [0.2, 0.25) is 15.9 Å². The molecule has 1 aliphatic heterocycles. The quantitative estimate of drug-likeness (QED) is 0.623. The van der Waals surface area contributed by atoms with Crippen LogP contribution in [0.4, 0.5) is 11.4 Å². The van der Waals surface area contributed by atoms with E-state index in [2.05, 4.69) is 5.32 Å². The van der Waals surface area contributed by atoms with Crippen molar-refractivity contribution in [1.29, 1.82) is 0 Å². The van der Waals surface area contributed by atoms with Gasteiger partial charge in [0.05, 0.1) is 10.7 Å². The smallest absolute Gasteiger partial charge is 0.271 e. The number of nitrogens with one attached hydrogen (secondary N) is 1. The van der Waals surface area contributed by atoms with Crippen LogP contribution in [0, 0.1) is 10.1 Å². The number of carbonyl (C=O) groups excluding carboxylic acids is 1. The molecule has 0 spiro atoms. The first-order valence-electron chi connectivity index (χ1n) is 8.43. The van der Waals surface area contributed by atoms with E-state index in [0.717, 1.165) is 11.1 Å². The second kappa shape index (κ2) is 7.45. The van der Waals surface area contributed by atoms with Crippen LogP contribution in [0.5, 0.6) is 0 Å². The van der Waals surface area contributed by atoms with E-state index < -0.39 is 26.9 Å². The topological polar surface area (TPSA) is 110 Å². The number of rotatable bonds is 5. The summed E-state index contributed by atoms with van der Waals surface area (Å²) in [6.07, 6.45) is 0.246. The summed E-state index contributed by atoms with van der Waals surface area (Å²) in [5.74, 6) is -0.627. The molecule has 2 aromatic rings. The Kier molecular flexibility index (Phi) is 5.24. The molecule has 1 aliphatic rings. The molecular formula is C18H19N3O5S. The Labute approximate surface area is 157 Å². The van der Waals surface area contributed by atoms with Gasteiger partial charge >= 0.3 is 0 Å². The molecule has 8 nitrogen and oxygen atoms in total. The molecule has 3 rings (SSSR count). The number of benzene rings is 2. The fraction of sp³-hybridized carbons (Fsp3) is 0.278. The highest BCUT2D eigenvalue weighted by Crippen LogP contribution is 2.27. The first-order chi connectivity index (χ1) is 12.8. The third-order valence-corrected chi connectivity index (χ3v) is 6.38. The molecule has 27 heavy (non-hydrogen) atoms. The molecule has 0 aromatic heterocycles. The number of amides is 1. The van der Waals surface area contributed by atoms with Gasteiger partial charge in [-0.2, -0.15) is 4.31 Å². The van der Waals surface area contributed by atoms with Crippen LogP contribution in [0.1, 0.15) is 18.1 Å². The summed E-state index contributed by atoms with van der Waals surface area (Å²) in [5.41, 5.74) is 1.88. The zero-order chi connectivity index (χ0) is 19.6. The van der Waals surface area contributed by atoms with E-state index in [1.807, 2.05) is 24.3 Å². The lowest BCUT2D eigenvalue weighted by molar-refractivity contribution is -0.384.